The molecular weight excluding hydrogens is 318 g/mol. The fraction of sp³-hybridized carbons (Fsp3) is 0.300. The number of nitrogens with one attached hydrogen (secondary N) is 1. The highest BCUT2D eigenvalue weighted by molar-refractivity contribution is 5.87. The molecule has 2 atom stereocenters. The van der Waals surface area contributed by atoms with E-state index in [4.69, 9.17) is 4.74 Å². The van der Waals surface area contributed by atoms with Crippen molar-refractivity contribution in [1.29, 1.82) is 0 Å². The second kappa shape index (κ2) is 9.59. The van der Waals surface area contributed by atoms with E-state index in [0.29, 0.717) is 18.4 Å². The second-order valence-corrected chi connectivity index (χ2v) is 5.80. The average molecular weight is 341 g/mol. The molecular formula is C20H23NO4. The molecule has 0 aliphatic rings. The quantitative estimate of drug-likeness (QED) is 0.735. The van der Waals surface area contributed by atoms with Gasteiger partial charge in [0.05, 0.1) is 0 Å². The normalized spacial score (nSPS) is 13.0. The summed E-state index contributed by atoms with van der Waals surface area (Å²) >= 11 is 0. The van der Waals surface area contributed by atoms with Gasteiger partial charge >= 0.3 is 5.97 Å². The molecule has 25 heavy (non-hydrogen) atoms. The fourth-order valence-corrected chi connectivity index (χ4v) is 2.68. The molecule has 0 saturated heterocycles. The Morgan fingerprint density at radius 3 is 2.20 bits per heavy atom. The van der Waals surface area contributed by atoms with Crippen LogP contribution in [0.4, 0.5) is 0 Å². The first-order valence-electron chi connectivity index (χ1n) is 8.26. The summed E-state index contributed by atoms with van der Waals surface area (Å²) in [5.74, 6) is -1.48. The molecule has 0 radical (unpaired) electrons. The lowest BCUT2D eigenvalue weighted by Crippen LogP contribution is -2.43. The zero-order valence-corrected chi connectivity index (χ0v) is 14.2. The van der Waals surface area contributed by atoms with E-state index in [2.05, 4.69) is 5.32 Å². The summed E-state index contributed by atoms with van der Waals surface area (Å²) < 4.78 is 5.25. The van der Waals surface area contributed by atoms with Crippen molar-refractivity contribution >= 4 is 11.9 Å². The van der Waals surface area contributed by atoms with E-state index in [0.717, 1.165) is 12.0 Å². The molecule has 0 aliphatic heterocycles. The molecule has 0 aliphatic carbocycles. The van der Waals surface area contributed by atoms with Crippen LogP contribution in [0, 0.1) is 0 Å². The molecule has 0 fully saturated rings. The topological polar surface area (TPSA) is 75.6 Å². The molecule has 5 nitrogen and oxygen atoms in total. The monoisotopic (exact) mass is 341 g/mol. The third-order valence-electron chi connectivity index (χ3n) is 3.99. The molecule has 0 heterocycles. The Kier molecular flexibility index (Phi) is 7.16. The van der Waals surface area contributed by atoms with Gasteiger partial charge in [-0.15, -0.1) is 0 Å². The molecule has 2 N–H and O–H groups in total. The molecule has 0 spiro atoms. The summed E-state index contributed by atoms with van der Waals surface area (Å²) in [6, 6.07) is 17.9. The van der Waals surface area contributed by atoms with Gasteiger partial charge in [0.25, 0.3) is 5.91 Å². The van der Waals surface area contributed by atoms with Gasteiger partial charge in [-0.2, -0.15) is 0 Å². The maximum absolute atomic E-state index is 12.4. The molecule has 2 aromatic carbocycles. The Morgan fingerprint density at radius 2 is 1.64 bits per heavy atom. The van der Waals surface area contributed by atoms with E-state index < -0.39 is 24.0 Å². The van der Waals surface area contributed by atoms with Crippen LogP contribution in [-0.4, -0.2) is 30.1 Å². The molecule has 2 aromatic rings. The molecule has 0 bridgehead atoms. The molecule has 0 aromatic heterocycles. The highest BCUT2D eigenvalue weighted by atomic mass is 16.5. The summed E-state index contributed by atoms with van der Waals surface area (Å²) in [5.41, 5.74) is 1.84. The van der Waals surface area contributed by atoms with Crippen molar-refractivity contribution in [1.82, 2.24) is 5.32 Å². The number of carboxylic acids is 1. The number of methoxy groups -OCH3 is 1. The number of amides is 1. The first-order valence-corrected chi connectivity index (χ1v) is 8.26. The van der Waals surface area contributed by atoms with Crippen molar-refractivity contribution in [3.8, 4) is 0 Å². The van der Waals surface area contributed by atoms with Crippen LogP contribution >= 0.6 is 0 Å². The van der Waals surface area contributed by atoms with Crippen molar-refractivity contribution in [2.45, 2.75) is 31.4 Å². The van der Waals surface area contributed by atoms with Gasteiger partial charge in [0.15, 0.2) is 6.10 Å². The summed E-state index contributed by atoms with van der Waals surface area (Å²) in [5, 5.41) is 12.0. The van der Waals surface area contributed by atoms with E-state index in [1.807, 2.05) is 48.5 Å². The van der Waals surface area contributed by atoms with Gasteiger partial charge in [0.2, 0.25) is 0 Å². The Labute approximate surface area is 147 Å². The van der Waals surface area contributed by atoms with E-state index in [9.17, 15) is 14.7 Å². The highest BCUT2D eigenvalue weighted by Gasteiger charge is 2.26. The van der Waals surface area contributed by atoms with E-state index in [-0.39, 0.29) is 0 Å². The molecule has 2 rings (SSSR count). The number of hydrogen-bond acceptors (Lipinski definition) is 3. The number of hydrogen-bond donors (Lipinski definition) is 2. The lowest BCUT2D eigenvalue weighted by Gasteiger charge is -2.19. The van der Waals surface area contributed by atoms with Crippen LogP contribution in [0.15, 0.2) is 60.7 Å². The number of ether oxygens (including phenoxy) is 1. The standard InChI is InChI=1S/C20H23NO4/c1-25-18(16-12-6-3-7-13-16)19(22)21-17(20(23)24)14-8-11-15-9-4-2-5-10-15/h2-7,9-10,12-13,17-18H,8,11,14H2,1H3,(H,21,22)(H,23,24)/t17-,18+/m0/s1. The smallest absolute Gasteiger partial charge is 0.326 e. The molecule has 0 unspecified atom stereocenters. The summed E-state index contributed by atoms with van der Waals surface area (Å²) in [6.07, 6.45) is 0.982. The first-order chi connectivity index (χ1) is 12.1. The van der Waals surface area contributed by atoms with Gasteiger partial charge < -0.3 is 15.2 Å². The van der Waals surface area contributed by atoms with Crippen LogP contribution in [0.25, 0.3) is 0 Å². The van der Waals surface area contributed by atoms with E-state index in [1.165, 1.54) is 7.11 Å². The minimum absolute atomic E-state index is 0.362. The third-order valence-corrected chi connectivity index (χ3v) is 3.99. The third kappa shape index (κ3) is 5.72. The van der Waals surface area contributed by atoms with Crippen molar-refractivity contribution < 1.29 is 19.4 Å². The van der Waals surface area contributed by atoms with Gasteiger partial charge in [-0.05, 0) is 30.4 Å². The Balaban J connectivity index is 1.93. The zero-order valence-electron chi connectivity index (χ0n) is 14.2. The lowest BCUT2D eigenvalue weighted by atomic mass is 10.0. The fourth-order valence-electron chi connectivity index (χ4n) is 2.68. The first kappa shape index (κ1) is 18.7. The second-order valence-electron chi connectivity index (χ2n) is 5.80. The van der Waals surface area contributed by atoms with Crippen LogP contribution in [0.5, 0.6) is 0 Å². The maximum atomic E-state index is 12.4. The predicted molar refractivity (Wildman–Crippen MR) is 95.1 cm³/mol. The van der Waals surface area contributed by atoms with Crippen LogP contribution in [0.2, 0.25) is 0 Å². The summed E-state index contributed by atoms with van der Waals surface area (Å²) in [4.78, 5) is 23.9. The summed E-state index contributed by atoms with van der Waals surface area (Å²) in [7, 11) is 1.43. The van der Waals surface area contributed by atoms with Crippen molar-refractivity contribution in [3.05, 3.63) is 71.8 Å². The van der Waals surface area contributed by atoms with Crippen LogP contribution in [0.3, 0.4) is 0 Å². The van der Waals surface area contributed by atoms with Crippen molar-refractivity contribution in [2.75, 3.05) is 7.11 Å². The minimum Gasteiger partial charge on any atom is -0.480 e. The molecule has 5 heteroatoms. The molecule has 1 amide bonds. The number of aryl methyl sites for hydroxylation is 1. The average Bonchev–Trinajstić information content (AvgIpc) is 2.63. The van der Waals surface area contributed by atoms with E-state index in [1.54, 1.807) is 12.1 Å². The zero-order chi connectivity index (χ0) is 18.1. The van der Waals surface area contributed by atoms with Gasteiger partial charge in [-0.3, -0.25) is 4.79 Å². The number of aliphatic carboxylic acids is 1. The van der Waals surface area contributed by atoms with Crippen LogP contribution < -0.4 is 5.32 Å². The number of rotatable bonds is 9. The predicted octanol–water partition coefficient (Wildman–Crippen LogP) is 2.97. The molecule has 0 saturated carbocycles. The largest absolute Gasteiger partial charge is 0.480 e. The van der Waals surface area contributed by atoms with Gasteiger partial charge in [-0.1, -0.05) is 60.7 Å². The Hall–Kier alpha value is -2.66. The van der Waals surface area contributed by atoms with Crippen LogP contribution in [0.1, 0.15) is 30.1 Å². The Morgan fingerprint density at radius 1 is 1.04 bits per heavy atom. The maximum Gasteiger partial charge on any atom is 0.326 e. The molecule has 132 valence electrons. The van der Waals surface area contributed by atoms with Gasteiger partial charge in [0, 0.05) is 7.11 Å². The van der Waals surface area contributed by atoms with Crippen LogP contribution in [-0.2, 0) is 20.7 Å². The Bertz CT molecular complexity index is 673. The summed E-state index contributed by atoms with van der Waals surface area (Å²) in [6.45, 7) is 0. The number of benzene rings is 2. The van der Waals surface area contributed by atoms with Gasteiger partial charge in [-0.25, -0.2) is 4.79 Å². The minimum atomic E-state index is -1.04. The van der Waals surface area contributed by atoms with Crippen molar-refractivity contribution in [2.24, 2.45) is 0 Å². The SMILES string of the molecule is CO[C@@H](C(=O)N[C@@H](CCCc1ccccc1)C(=O)O)c1ccccc1. The lowest BCUT2D eigenvalue weighted by molar-refractivity contribution is -0.144. The highest BCUT2D eigenvalue weighted by Crippen LogP contribution is 2.17. The number of carbonyl (C=O) groups excluding carboxylic acids is 1. The number of carbonyl (C=O) groups is 2. The van der Waals surface area contributed by atoms with Crippen molar-refractivity contribution in [3.63, 3.8) is 0 Å². The van der Waals surface area contributed by atoms with Gasteiger partial charge in [0.1, 0.15) is 6.04 Å². The van der Waals surface area contributed by atoms with E-state index >= 15 is 0 Å². The number of carboxylic acid groups (broad SMARTS) is 1.